The highest BCUT2D eigenvalue weighted by atomic mass is 16.5. The minimum absolute atomic E-state index is 0.629. The Labute approximate surface area is 123 Å². The van der Waals surface area contributed by atoms with Crippen LogP contribution in [0.15, 0.2) is 48.7 Å². The molecule has 0 aliphatic carbocycles. The molecule has 4 heteroatoms. The van der Waals surface area contributed by atoms with Crippen LogP contribution >= 0.6 is 0 Å². The van der Waals surface area contributed by atoms with Crippen LogP contribution in [-0.2, 0) is 6.54 Å². The molecule has 0 amide bonds. The number of ether oxygens (including phenoxy) is 1. The third kappa shape index (κ3) is 2.94. The van der Waals surface area contributed by atoms with Crippen molar-refractivity contribution in [3.05, 3.63) is 59.9 Å². The Morgan fingerprint density at radius 2 is 2.00 bits per heavy atom. The fourth-order valence-electron chi connectivity index (χ4n) is 2.29. The lowest BCUT2D eigenvalue weighted by atomic mass is 10.1. The van der Waals surface area contributed by atoms with Gasteiger partial charge in [-0.3, -0.25) is 4.98 Å². The first-order chi connectivity index (χ1) is 10.3. The number of nitrogens with one attached hydrogen (secondary N) is 1. The maximum Gasteiger partial charge on any atom is 0.212 e. The fraction of sp³-hybridized carbons (Fsp3) is 0.176. The van der Waals surface area contributed by atoms with Gasteiger partial charge >= 0.3 is 0 Å². The first kappa shape index (κ1) is 13.4. The number of rotatable bonds is 4. The van der Waals surface area contributed by atoms with E-state index >= 15 is 0 Å². The normalized spacial score (nSPS) is 10.6. The molecule has 2 aromatic heterocycles. The lowest BCUT2D eigenvalue weighted by Gasteiger charge is -2.11. The van der Waals surface area contributed by atoms with Crippen molar-refractivity contribution in [3.8, 4) is 5.88 Å². The highest BCUT2D eigenvalue weighted by molar-refractivity contribution is 5.91. The molecule has 0 aliphatic rings. The van der Waals surface area contributed by atoms with Crippen molar-refractivity contribution in [2.45, 2.75) is 13.5 Å². The van der Waals surface area contributed by atoms with E-state index in [0.29, 0.717) is 12.4 Å². The molecule has 3 aromatic rings. The standard InChI is InChI=1S/C17H17N3O/c1-12-9-16(14-5-3-4-6-15(14)20-12)18-10-13-7-8-17(21-2)19-11-13/h3-9,11H,10H2,1-2H3,(H,18,20). The number of fused-ring (bicyclic) bond motifs is 1. The van der Waals surface area contributed by atoms with E-state index in [4.69, 9.17) is 4.74 Å². The molecular weight excluding hydrogens is 262 g/mol. The van der Waals surface area contributed by atoms with Crippen LogP contribution in [0.4, 0.5) is 5.69 Å². The molecule has 0 radical (unpaired) electrons. The minimum atomic E-state index is 0.629. The molecule has 0 unspecified atom stereocenters. The lowest BCUT2D eigenvalue weighted by Crippen LogP contribution is -2.02. The van der Waals surface area contributed by atoms with Gasteiger partial charge in [0.1, 0.15) is 0 Å². The van der Waals surface area contributed by atoms with Crippen LogP contribution in [0.25, 0.3) is 10.9 Å². The second-order valence-corrected chi connectivity index (χ2v) is 4.89. The van der Waals surface area contributed by atoms with E-state index in [-0.39, 0.29) is 0 Å². The fourth-order valence-corrected chi connectivity index (χ4v) is 2.29. The first-order valence-electron chi connectivity index (χ1n) is 6.85. The van der Waals surface area contributed by atoms with Crippen LogP contribution in [0, 0.1) is 6.92 Å². The van der Waals surface area contributed by atoms with Gasteiger partial charge < -0.3 is 10.1 Å². The Morgan fingerprint density at radius 3 is 2.76 bits per heavy atom. The first-order valence-corrected chi connectivity index (χ1v) is 6.85. The zero-order chi connectivity index (χ0) is 14.7. The molecule has 0 spiro atoms. The van der Waals surface area contributed by atoms with Crippen molar-refractivity contribution in [2.24, 2.45) is 0 Å². The quantitative estimate of drug-likeness (QED) is 0.793. The molecule has 2 heterocycles. The van der Waals surface area contributed by atoms with E-state index in [0.717, 1.165) is 27.8 Å². The monoisotopic (exact) mass is 279 g/mol. The van der Waals surface area contributed by atoms with Gasteiger partial charge in [0.25, 0.3) is 0 Å². The summed E-state index contributed by atoms with van der Waals surface area (Å²) in [5.74, 6) is 0.629. The van der Waals surface area contributed by atoms with Crippen LogP contribution in [0.1, 0.15) is 11.3 Å². The van der Waals surface area contributed by atoms with E-state index in [2.05, 4.69) is 27.4 Å². The summed E-state index contributed by atoms with van der Waals surface area (Å²) in [5, 5.41) is 4.59. The Bertz CT molecular complexity index is 754. The van der Waals surface area contributed by atoms with Crippen LogP contribution in [0.3, 0.4) is 0 Å². The van der Waals surface area contributed by atoms with Gasteiger partial charge in [-0.15, -0.1) is 0 Å². The van der Waals surface area contributed by atoms with Crippen molar-refractivity contribution in [3.63, 3.8) is 0 Å². The van der Waals surface area contributed by atoms with Gasteiger partial charge in [0.15, 0.2) is 0 Å². The van der Waals surface area contributed by atoms with Crippen LogP contribution in [0.2, 0.25) is 0 Å². The third-order valence-electron chi connectivity index (χ3n) is 3.33. The molecule has 0 fully saturated rings. The van der Waals surface area contributed by atoms with Gasteiger partial charge in [0, 0.05) is 35.6 Å². The Kier molecular flexibility index (Phi) is 3.69. The molecule has 0 saturated carbocycles. The van der Waals surface area contributed by atoms with Crippen molar-refractivity contribution < 1.29 is 4.74 Å². The number of nitrogens with zero attached hydrogens (tertiary/aromatic N) is 2. The summed E-state index contributed by atoms with van der Waals surface area (Å²) in [6.45, 7) is 2.72. The molecule has 0 saturated heterocycles. The molecular formula is C17H17N3O. The van der Waals surface area contributed by atoms with Crippen LogP contribution in [0.5, 0.6) is 5.88 Å². The summed E-state index contributed by atoms with van der Waals surface area (Å²) in [7, 11) is 1.62. The molecule has 0 atom stereocenters. The second kappa shape index (κ2) is 5.79. The predicted molar refractivity (Wildman–Crippen MR) is 84.6 cm³/mol. The summed E-state index contributed by atoms with van der Waals surface area (Å²) >= 11 is 0. The molecule has 0 bridgehead atoms. The maximum absolute atomic E-state index is 5.07. The highest BCUT2D eigenvalue weighted by Gasteiger charge is 2.03. The van der Waals surface area contributed by atoms with Crippen molar-refractivity contribution in [1.82, 2.24) is 9.97 Å². The van der Waals surface area contributed by atoms with Gasteiger partial charge in [-0.2, -0.15) is 0 Å². The summed E-state index contributed by atoms with van der Waals surface area (Å²) in [4.78, 5) is 8.76. The Balaban J connectivity index is 1.84. The van der Waals surface area contributed by atoms with Crippen molar-refractivity contribution in [1.29, 1.82) is 0 Å². The van der Waals surface area contributed by atoms with Gasteiger partial charge in [-0.05, 0) is 24.6 Å². The number of hydrogen-bond donors (Lipinski definition) is 1. The van der Waals surface area contributed by atoms with E-state index in [1.54, 1.807) is 7.11 Å². The second-order valence-electron chi connectivity index (χ2n) is 4.89. The molecule has 1 N–H and O–H groups in total. The third-order valence-corrected chi connectivity index (χ3v) is 3.33. The zero-order valence-electron chi connectivity index (χ0n) is 12.1. The average molecular weight is 279 g/mol. The van der Waals surface area contributed by atoms with E-state index in [1.807, 2.05) is 43.5 Å². The average Bonchev–Trinajstić information content (AvgIpc) is 2.53. The van der Waals surface area contributed by atoms with Crippen molar-refractivity contribution >= 4 is 16.6 Å². The number of methoxy groups -OCH3 is 1. The Morgan fingerprint density at radius 1 is 1.14 bits per heavy atom. The van der Waals surface area contributed by atoms with Gasteiger partial charge in [-0.1, -0.05) is 24.3 Å². The maximum atomic E-state index is 5.07. The summed E-state index contributed by atoms with van der Waals surface area (Å²) in [6, 6.07) is 14.1. The number of anilines is 1. The predicted octanol–water partition coefficient (Wildman–Crippen LogP) is 3.56. The lowest BCUT2D eigenvalue weighted by molar-refractivity contribution is 0.397. The number of para-hydroxylation sites is 1. The molecule has 106 valence electrons. The van der Waals surface area contributed by atoms with Gasteiger partial charge in [0.2, 0.25) is 5.88 Å². The number of aromatic nitrogens is 2. The molecule has 1 aromatic carbocycles. The number of pyridine rings is 2. The zero-order valence-corrected chi connectivity index (χ0v) is 12.1. The summed E-state index contributed by atoms with van der Waals surface area (Å²) in [5.41, 5.74) is 4.21. The molecule has 4 nitrogen and oxygen atoms in total. The van der Waals surface area contributed by atoms with E-state index in [9.17, 15) is 0 Å². The Hall–Kier alpha value is -2.62. The van der Waals surface area contributed by atoms with Gasteiger partial charge in [0.05, 0.1) is 12.6 Å². The summed E-state index contributed by atoms with van der Waals surface area (Å²) < 4.78 is 5.07. The van der Waals surface area contributed by atoms with Crippen LogP contribution in [-0.4, -0.2) is 17.1 Å². The molecule has 0 aliphatic heterocycles. The van der Waals surface area contributed by atoms with E-state index < -0.39 is 0 Å². The SMILES string of the molecule is COc1ccc(CNc2cc(C)nc3ccccc23)cn1. The minimum Gasteiger partial charge on any atom is -0.481 e. The smallest absolute Gasteiger partial charge is 0.212 e. The highest BCUT2D eigenvalue weighted by Crippen LogP contribution is 2.23. The van der Waals surface area contributed by atoms with E-state index in [1.165, 1.54) is 0 Å². The van der Waals surface area contributed by atoms with Crippen LogP contribution < -0.4 is 10.1 Å². The number of benzene rings is 1. The van der Waals surface area contributed by atoms with Gasteiger partial charge in [-0.25, -0.2) is 4.98 Å². The molecule has 3 rings (SSSR count). The molecule has 21 heavy (non-hydrogen) atoms. The topological polar surface area (TPSA) is 47.0 Å². The summed E-state index contributed by atoms with van der Waals surface area (Å²) in [6.07, 6.45) is 1.82. The largest absolute Gasteiger partial charge is 0.481 e. The van der Waals surface area contributed by atoms with Crippen molar-refractivity contribution in [2.75, 3.05) is 12.4 Å². The number of aryl methyl sites for hydroxylation is 1. The number of hydrogen-bond acceptors (Lipinski definition) is 4.